The van der Waals surface area contributed by atoms with Crippen molar-refractivity contribution in [1.82, 2.24) is 10.0 Å². The molecule has 0 radical (unpaired) electrons. The molecule has 2 rings (SSSR count). The highest BCUT2D eigenvalue weighted by molar-refractivity contribution is 7.51. The molecule has 0 unspecified atom stereocenters. The monoisotopic (exact) mass is 466 g/mol. The highest BCUT2D eigenvalue weighted by atomic mass is 32.1. The molecule has 2 aromatic rings. The number of aromatic nitrogens is 1. The van der Waals surface area contributed by atoms with Crippen LogP contribution >= 0.6 is 0 Å². The van der Waals surface area contributed by atoms with Crippen LogP contribution in [-0.4, -0.2) is 30.7 Å². The number of rotatable bonds is 7. The first-order valence-electron chi connectivity index (χ1n) is 8.48. The fraction of sp³-hybridized carbons (Fsp3) is 0.333. The van der Waals surface area contributed by atoms with Crippen LogP contribution in [0, 0.1) is 17.0 Å². The minimum absolute atomic E-state index is 0.00796. The maximum atomic E-state index is 14.5. The second-order valence-corrected chi connectivity index (χ2v) is 6.87. The Bertz CT molecular complexity index is 1020. The van der Waals surface area contributed by atoms with Gasteiger partial charge >= 0.3 is 18.2 Å². The van der Waals surface area contributed by atoms with Gasteiger partial charge in [0.2, 0.25) is 5.91 Å². The van der Waals surface area contributed by atoms with Gasteiger partial charge in [-0.25, -0.2) is 14.3 Å². The minimum atomic E-state index is -3.21. The Balaban J connectivity index is 0.00000151. The Hall–Kier alpha value is -3.06. The molecule has 1 aromatic carbocycles. The number of ether oxygens (including phenoxy) is 1. The van der Waals surface area contributed by atoms with Crippen LogP contribution in [0.2, 0.25) is 0 Å². The highest BCUT2D eigenvalue weighted by Crippen LogP contribution is 2.28. The van der Waals surface area contributed by atoms with Crippen LogP contribution in [0.3, 0.4) is 0 Å². The summed E-state index contributed by atoms with van der Waals surface area (Å²) < 4.78 is 74.3. The summed E-state index contributed by atoms with van der Waals surface area (Å²) in [6.45, 7) is -0.134. The second kappa shape index (κ2) is 11.4. The number of benzene rings is 1. The van der Waals surface area contributed by atoms with Gasteiger partial charge in [0.1, 0.15) is 5.82 Å². The lowest BCUT2D eigenvalue weighted by molar-refractivity contribution is -0.138. The first-order valence-corrected chi connectivity index (χ1v) is 9.14. The van der Waals surface area contributed by atoms with Crippen LogP contribution < -0.4 is 15.8 Å². The Morgan fingerprint density at radius 3 is 2.35 bits per heavy atom. The van der Waals surface area contributed by atoms with E-state index < -0.39 is 52.4 Å². The van der Waals surface area contributed by atoms with Gasteiger partial charge < -0.3 is 9.30 Å². The van der Waals surface area contributed by atoms with E-state index in [-0.39, 0.29) is 24.1 Å². The predicted octanol–water partition coefficient (Wildman–Crippen LogP) is 2.65. The lowest BCUT2D eigenvalue weighted by Gasteiger charge is -2.22. The van der Waals surface area contributed by atoms with Gasteiger partial charge in [-0.3, -0.25) is 14.8 Å². The highest BCUT2D eigenvalue weighted by Gasteiger charge is 2.27. The van der Waals surface area contributed by atoms with Gasteiger partial charge in [-0.1, -0.05) is 19.9 Å². The van der Waals surface area contributed by atoms with Crippen LogP contribution in [0.1, 0.15) is 20.3 Å². The molecule has 0 saturated heterocycles. The van der Waals surface area contributed by atoms with Crippen molar-refractivity contribution in [3.05, 3.63) is 52.5 Å². The predicted molar refractivity (Wildman–Crippen MR) is 99.9 cm³/mol. The summed E-state index contributed by atoms with van der Waals surface area (Å²) in [5.41, 5.74) is -0.326. The summed E-state index contributed by atoms with van der Waals surface area (Å²) in [6, 6.07) is 3.79. The van der Waals surface area contributed by atoms with Crippen LogP contribution in [0.25, 0.3) is 11.1 Å². The molecular formula is C18H18F4N2O6S. The molecule has 13 heteroatoms. The van der Waals surface area contributed by atoms with E-state index in [0.717, 1.165) is 35.0 Å². The lowest BCUT2D eigenvalue weighted by atomic mass is 9.88. The maximum Gasteiger partial charge on any atom is 0.387 e. The number of hydrogen-bond donors (Lipinski definition) is 2. The van der Waals surface area contributed by atoms with Crippen molar-refractivity contribution >= 4 is 17.5 Å². The van der Waals surface area contributed by atoms with Gasteiger partial charge in [-0.2, -0.15) is 17.2 Å². The second-order valence-electron chi connectivity index (χ2n) is 6.73. The molecule has 31 heavy (non-hydrogen) atoms. The molecule has 8 nitrogen and oxygen atoms in total. The molecule has 170 valence electrons. The average Bonchev–Trinajstić information content (AvgIpc) is 2.69. The topological polar surface area (TPSA) is 115 Å². The molecule has 0 saturated carbocycles. The number of amides is 1. The van der Waals surface area contributed by atoms with E-state index in [0.29, 0.717) is 0 Å². The van der Waals surface area contributed by atoms with E-state index in [9.17, 15) is 27.2 Å². The summed E-state index contributed by atoms with van der Waals surface area (Å²) >= 11 is -0.750. The maximum absolute atomic E-state index is 14.5. The van der Waals surface area contributed by atoms with Gasteiger partial charge in [0.15, 0.2) is 11.6 Å². The Morgan fingerprint density at radius 1 is 1.23 bits per heavy atom. The minimum Gasteiger partial charge on any atom is -0.432 e. The molecule has 0 fully saturated rings. The first kappa shape index (κ1) is 26.0. The summed E-state index contributed by atoms with van der Waals surface area (Å²) in [6.07, 6.45) is 1.04. The van der Waals surface area contributed by atoms with Crippen molar-refractivity contribution in [1.29, 1.82) is 0 Å². The van der Waals surface area contributed by atoms with Crippen LogP contribution in [0.15, 0.2) is 35.3 Å². The largest absolute Gasteiger partial charge is 0.432 e. The summed E-state index contributed by atoms with van der Waals surface area (Å²) in [7, 11) is 0. The number of nitrogens with zero attached hydrogens (tertiary/aromatic N) is 1. The third-order valence-electron chi connectivity index (χ3n) is 4.23. The molecular weight excluding hydrogens is 448 g/mol. The Labute approximate surface area is 177 Å². The van der Waals surface area contributed by atoms with Crippen molar-refractivity contribution in [3.63, 3.8) is 0 Å². The van der Waals surface area contributed by atoms with Gasteiger partial charge in [0, 0.05) is 29.8 Å². The number of carbonyl (C=O) groups excluding carboxylic acids is 1. The van der Waals surface area contributed by atoms with Crippen LogP contribution in [0.5, 0.6) is 5.75 Å². The zero-order valence-corrected chi connectivity index (χ0v) is 17.1. The molecule has 0 aliphatic rings. The number of aryl methyl sites for hydroxylation is 1. The Kier molecular flexibility index (Phi) is 9.52. The fourth-order valence-corrected chi connectivity index (χ4v) is 2.47. The zero-order valence-electron chi connectivity index (χ0n) is 16.2. The lowest BCUT2D eigenvalue weighted by Crippen LogP contribution is -2.36. The number of halogens is 4. The van der Waals surface area contributed by atoms with Crippen molar-refractivity contribution in [2.75, 3.05) is 0 Å². The SMILES string of the molecule is CC(C)(CCn1cc(F)c(-c2ccc(OC(F)F)c(F)c2)cc1=O)C(=O)NO.O=S=O. The first-order chi connectivity index (χ1) is 14.5. The van der Waals surface area contributed by atoms with E-state index in [1.165, 1.54) is 5.48 Å². The fourth-order valence-electron chi connectivity index (χ4n) is 2.47. The van der Waals surface area contributed by atoms with Gasteiger partial charge in [0.25, 0.3) is 5.56 Å². The standard InChI is InChI=1S/C18H18F4N2O4.O2S/c1-18(2,16(26)23-27)5-6-24-9-13(20)11(8-15(24)25)10-3-4-14(12(19)7-10)28-17(21)22;1-3-2/h3-4,7-9,17,27H,5-6H2,1-2H3,(H,23,26);. The van der Waals surface area contributed by atoms with E-state index in [2.05, 4.69) is 4.74 Å². The molecule has 1 aromatic heterocycles. The molecule has 2 N–H and O–H groups in total. The molecule has 1 amide bonds. The van der Waals surface area contributed by atoms with Crippen LogP contribution in [-0.2, 0) is 22.9 Å². The molecule has 0 aliphatic heterocycles. The summed E-state index contributed by atoms with van der Waals surface area (Å²) in [5, 5.41) is 8.71. The molecule has 0 atom stereocenters. The number of carbonyl (C=O) groups is 1. The van der Waals surface area contributed by atoms with Crippen LogP contribution in [0.4, 0.5) is 17.6 Å². The van der Waals surface area contributed by atoms with Gasteiger partial charge in [-0.05, 0) is 24.1 Å². The van der Waals surface area contributed by atoms with E-state index >= 15 is 0 Å². The number of nitrogens with one attached hydrogen (secondary N) is 1. The van der Waals surface area contributed by atoms with E-state index in [4.69, 9.17) is 13.6 Å². The van der Waals surface area contributed by atoms with E-state index in [1.54, 1.807) is 13.8 Å². The smallest absolute Gasteiger partial charge is 0.387 e. The summed E-state index contributed by atoms with van der Waals surface area (Å²) in [4.78, 5) is 23.8. The quantitative estimate of drug-likeness (QED) is 0.368. The third-order valence-corrected chi connectivity index (χ3v) is 4.23. The van der Waals surface area contributed by atoms with Crippen molar-refractivity contribution < 1.29 is 40.7 Å². The molecule has 0 spiro atoms. The van der Waals surface area contributed by atoms with Crippen molar-refractivity contribution in [3.8, 4) is 16.9 Å². The zero-order chi connectivity index (χ0) is 23.8. The van der Waals surface area contributed by atoms with Crippen molar-refractivity contribution in [2.24, 2.45) is 5.41 Å². The molecule has 1 heterocycles. The van der Waals surface area contributed by atoms with E-state index in [1.807, 2.05) is 0 Å². The third kappa shape index (κ3) is 7.29. The molecule has 0 aliphatic carbocycles. The van der Waals surface area contributed by atoms with Gasteiger partial charge in [-0.15, -0.1) is 0 Å². The Morgan fingerprint density at radius 2 is 1.84 bits per heavy atom. The number of hydrogen-bond acceptors (Lipinski definition) is 6. The number of alkyl halides is 2. The van der Waals surface area contributed by atoms with Gasteiger partial charge in [0.05, 0.1) is 0 Å². The van der Waals surface area contributed by atoms with Crippen molar-refractivity contribution in [2.45, 2.75) is 33.4 Å². The average molecular weight is 466 g/mol. The number of hydroxylamine groups is 1. The number of pyridine rings is 1. The molecule has 0 bridgehead atoms. The normalized spacial score (nSPS) is 10.8. The summed E-state index contributed by atoms with van der Waals surface area (Å²) in [5.74, 6) is -3.32.